The van der Waals surface area contributed by atoms with E-state index in [-0.39, 0.29) is 6.42 Å². The maximum atomic E-state index is 12.4. The molecule has 1 saturated heterocycles. The second kappa shape index (κ2) is 5.95. The zero-order chi connectivity index (χ0) is 17.5. The highest BCUT2D eigenvalue weighted by atomic mass is 16.7. The van der Waals surface area contributed by atoms with Crippen molar-refractivity contribution >= 4 is 17.7 Å². The predicted molar refractivity (Wildman–Crippen MR) is 83.1 cm³/mol. The van der Waals surface area contributed by atoms with Crippen LogP contribution in [-0.4, -0.2) is 57.6 Å². The number of hydrogen-bond acceptors (Lipinski definition) is 7. The fourth-order valence-electron chi connectivity index (χ4n) is 3.76. The van der Waals surface area contributed by atoms with Crippen molar-refractivity contribution in [2.24, 2.45) is 0 Å². The molecule has 0 saturated carbocycles. The molecule has 3 atom stereocenters. The fourth-order valence-corrected chi connectivity index (χ4v) is 3.76. The van der Waals surface area contributed by atoms with E-state index in [1.54, 1.807) is 12.2 Å². The number of likely N-dealkylation sites (tertiary alicyclic amines) is 1. The average Bonchev–Trinajstić information content (AvgIpc) is 3.10. The number of methoxy groups -OCH3 is 3. The first kappa shape index (κ1) is 16.5. The third-order valence-corrected chi connectivity index (χ3v) is 4.75. The van der Waals surface area contributed by atoms with E-state index in [9.17, 15) is 9.59 Å². The topological polar surface area (TPSA) is 77.5 Å². The normalized spacial score (nSPS) is 27.7. The van der Waals surface area contributed by atoms with E-state index >= 15 is 0 Å². The van der Waals surface area contributed by atoms with E-state index in [2.05, 4.69) is 0 Å². The molecule has 0 N–H and O–H groups in total. The lowest BCUT2D eigenvalue weighted by Gasteiger charge is -2.35. The minimum Gasteiger partial charge on any atom is -0.467 e. The molecule has 8 heteroatoms. The number of nitrogens with zero attached hydrogens (tertiary/aromatic N) is 2. The zero-order valence-corrected chi connectivity index (χ0v) is 14.0. The monoisotopic (exact) mass is 336 g/mol. The highest BCUT2D eigenvalue weighted by Gasteiger charge is 2.65. The van der Waals surface area contributed by atoms with E-state index in [0.717, 1.165) is 11.3 Å². The van der Waals surface area contributed by atoms with Gasteiger partial charge in [0.05, 0.1) is 27.0 Å². The number of esters is 1. The number of fused-ring (bicyclic) bond motifs is 3. The molecule has 0 bridgehead atoms. The molecule has 130 valence electrons. The van der Waals surface area contributed by atoms with Crippen LogP contribution >= 0.6 is 0 Å². The molecule has 2 aliphatic heterocycles. The molecule has 2 heterocycles. The SMILES string of the molecule is COC(=O)[C@@H]1C[C@@]2(OC)c3ccccc3N(OC)[C@H]2N1C(=O)OC. The summed E-state index contributed by atoms with van der Waals surface area (Å²) in [7, 11) is 5.61. The number of benzene rings is 1. The first-order valence-electron chi connectivity index (χ1n) is 7.47. The standard InChI is InChI=1S/C16H20N2O6/c1-21-13(19)12-9-16(23-3)10-7-5-6-8-11(10)18(24-4)14(16)17(12)15(20)22-2/h5-8,12,14H,9H2,1-4H3/t12-,14+,16+/m0/s1. The van der Waals surface area contributed by atoms with Crippen LogP contribution in [0.5, 0.6) is 0 Å². The van der Waals surface area contributed by atoms with Gasteiger partial charge in [-0.3, -0.25) is 9.74 Å². The third-order valence-electron chi connectivity index (χ3n) is 4.75. The molecule has 1 aromatic carbocycles. The number of para-hydroxylation sites is 1. The van der Waals surface area contributed by atoms with Gasteiger partial charge in [0.15, 0.2) is 6.17 Å². The molecule has 1 fully saturated rings. The summed E-state index contributed by atoms with van der Waals surface area (Å²) in [6, 6.07) is 6.69. The van der Waals surface area contributed by atoms with E-state index < -0.39 is 29.9 Å². The van der Waals surface area contributed by atoms with Crippen LogP contribution in [-0.2, 0) is 29.4 Å². The van der Waals surface area contributed by atoms with Gasteiger partial charge in [-0.05, 0) is 6.07 Å². The van der Waals surface area contributed by atoms with Crippen LogP contribution in [0.15, 0.2) is 24.3 Å². The summed E-state index contributed by atoms with van der Waals surface area (Å²) in [4.78, 5) is 31.5. The lowest BCUT2D eigenvalue weighted by molar-refractivity contribution is -0.146. The minimum atomic E-state index is -0.917. The van der Waals surface area contributed by atoms with Crippen molar-refractivity contribution in [3.8, 4) is 0 Å². The van der Waals surface area contributed by atoms with Crippen molar-refractivity contribution in [2.75, 3.05) is 33.5 Å². The van der Waals surface area contributed by atoms with Gasteiger partial charge in [-0.25, -0.2) is 14.7 Å². The highest BCUT2D eigenvalue weighted by molar-refractivity contribution is 5.84. The predicted octanol–water partition coefficient (Wildman–Crippen LogP) is 1.25. The van der Waals surface area contributed by atoms with Gasteiger partial charge in [-0.1, -0.05) is 18.2 Å². The maximum Gasteiger partial charge on any atom is 0.412 e. The maximum absolute atomic E-state index is 12.4. The lowest BCUT2D eigenvalue weighted by Crippen LogP contribution is -2.54. The molecule has 0 radical (unpaired) electrons. The van der Waals surface area contributed by atoms with Crippen LogP contribution in [0, 0.1) is 0 Å². The summed E-state index contributed by atoms with van der Waals surface area (Å²) in [5, 5.41) is 1.57. The Labute approximate surface area is 139 Å². The molecule has 1 aromatic rings. The molecule has 0 spiro atoms. The number of anilines is 1. The van der Waals surface area contributed by atoms with Crippen LogP contribution in [0.25, 0.3) is 0 Å². The number of ether oxygens (including phenoxy) is 3. The average molecular weight is 336 g/mol. The largest absolute Gasteiger partial charge is 0.467 e. The minimum absolute atomic E-state index is 0.243. The summed E-state index contributed by atoms with van der Waals surface area (Å²) >= 11 is 0. The van der Waals surface area contributed by atoms with E-state index in [1.807, 2.05) is 24.3 Å². The van der Waals surface area contributed by atoms with Crippen molar-refractivity contribution in [3.05, 3.63) is 29.8 Å². The van der Waals surface area contributed by atoms with Crippen molar-refractivity contribution in [1.82, 2.24) is 4.90 Å². The van der Waals surface area contributed by atoms with Gasteiger partial charge in [-0.15, -0.1) is 0 Å². The Kier molecular flexibility index (Phi) is 4.10. The van der Waals surface area contributed by atoms with Gasteiger partial charge in [0.1, 0.15) is 11.6 Å². The second-order valence-electron chi connectivity index (χ2n) is 5.61. The molecule has 0 aromatic heterocycles. The third kappa shape index (κ3) is 1.99. The second-order valence-corrected chi connectivity index (χ2v) is 5.61. The molecule has 24 heavy (non-hydrogen) atoms. The van der Waals surface area contributed by atoms with Crippen LogP contribution in [0.3, 0.4) is 0 Å². The molecular formula is C16H20N2O6. The van der Waals surface area contributed by atoms with Gasteiger partial charge >= 0.3 is 12.1 Å². The van der Waals surface area contributed by atoms with Crippen LogP contribution in [0.4, 0.5) is 10.5 Å². The van der Waals surface area contributed by atoms with E-state index in [0.29, 0.717) is 0 Å². The Morgan fingerprint density at radius 1 is 1.12 bits per heavy atom. The van der Waals surface area contributed by atoms with Gasteiger partial charge in [0.25, 0.3) is 0 Å². The summed E-state index contributed by atoms with van der Waals surface area (Å²) in [6.07, 6.45) is -1.09. The Morgan fingerprint density at radius 2 is 1.83 bits per heavy atom. The Bertz CT molecular complexity index is 666. The van der Waals surface area contributed by atoms with E-state index in [1.165, 1.54) is 26.2 Å². The van der Waals surface area contributed by atoms with Crippen molar-refractivity contribution in [3.63, 3.8) is 0 Å². The van der Waals surface area contributed by atoms with Gasteiger partial charge in [0.2, 0.25) is 0 Å². The number of hydroxylamine groups is 1. The molecule has 2 aliphatic rings. The first-order chi connectivity index (χ1) is 11.6. The molecule has 3 rings (SSSR count). The van der Waals surface area contributed by atoms with E-state index in [4.69, 9.17) is 19.0 Å². The quantitative estimate of drug-likeness (QED) is 0.769. The van der Waals surface area contributed by atoms with Crippen LogP contribution in [0.1, 0.15) is 12.0 Å². The molecule has 0 aliphatic carbocycles. The van der Waals surface area contributed by atoms with Crippen molar-refractivity contribution < 1.29 is 28.6 Å². The van der Waals surface area contributed by atoms with Crippen molar-refractivity contribution in [2.45, 2.75) is 24.2 Å². The summed E-state index contributed by atoms with van der Waals surface area (Å²) < 4.78 is 15.6. The summed E-state index contributed by atoms with van der Waals surface area (Å²) in [5.74, 6) is -0.528. The number of hydrogen-bond donors (Lipinski definition) is 0. The Hall–Kier alpha value is -2.32. The lowest BCUT2D eigenvalue weighted by atomic mass is 9.91. The number of carbonyl (C=O) groups is 2. The zero-order valence-electron chi connectivity index (χ0n) is 14.0. The summed E-state index contributed by atoms with van der Waals surface area (Å²) in [6.45, 7) is 0. The van der Waals surface area contributed by atoms with Gasteiger partial charge in [-0.2, -0.15) is 0 Å². The summed E-state index contributed by atoms with van der Waals surface area (Å²) in [5.41, 5.74) is 0.711. The number of carbonyl (C=O) groups excluding carboxylic acids is 2. The molecule has 8 nitrogen and oxygen atoms in total. The van der Waals surface area contributed by atoms with Crippen LogP contribution in [0.2, 0.25) is 0 Å². The van der Waals surface area contributed by atoms with Crippen LogP contribution < -0.4 is 5.06 Å². The first-order valence-corrected chi connectivity index (χ1v) is 7.47. The van der Waals surface area contributed by atoms with Gasteiger partial charge < -0.3 is 14.2 Å². The number of rotatable bonds is 3. The Balaban J connectivity index is 2.18. The molecular weight excluding hydrogens is 316 g/mol. The van der Waals surface area contributed by atoms with Crippen molar-refractivity contribution in [1.29, 1.82) is 0 Å². The Morgan fingerprint density at radius 3 is 2.42 bits per heavy atom. The highest BCUT2D eigenvalue weighted by Crippen LogP contribution is 2.54. The fraction of sp³-hybridized carbons (Fsp3) is 0.500. The number of amides is 1. The van der Waals surface area contributed by atoms with Gasteiger partial charge in [0, 0.05) is 19.1 Å². The smallest absolute Gasteiger partial charge is 0.412 e. The molecule has 1 amide bonds. The molecule has 0 unspecified atom stereocenters.